The number of benzene rings is 1. The van der Waals surface area contributed by atoms with Crippen LogP contribution < -0.4 is 14.8 Å². The summed E-state index contributed by atoms with van der Waals surface area (Å²) in [5.74, 6) is 0.454. The van der Waals surface area contributed by atoms with Gasteiger partial charge in [0.2, 0.25) is 0 Å². The van der Waals surface area contributed by atoms with Crippen molar-refractivity contribution in [1.29, 1.82) is 0 Å². The Bertz CT molecular complexity index is 571. The van der Waals surface area contributed by atoms with E-state index in [0.717, 1.165) is 12.8 Å². The van der Waals surface area contributed by atoms with Gasteiger partial charge in [-0.1, -0.05) is 27.2 Å². The standard InChI is InChI=1S/C19H29NO5/c1-6-7-10-24-16-9-8-15(11-17(16)23-5)19(22)25-12-18(21)20-14(4)13(2)3/h8-9,11,13-14H,6-7,10,12H2,1-5H3,(H,20,21). The summed E-state index contributed by atoms with van der Waals surface area (Å²) in [6, 6.07) is 4.84. The molecule has 0 aromatic heterocycles. The summed E-state index contributed by atoms with van der Waals surface area (Å²) < 4.78 is 15.9. The van der Waals surface area contributed by atoms with E-state index in [1.807, 2.05) is 20.8 Å². The molecule has 1 N–H and O–H groups in total. The van der Waals surface area contributed by atoms with Crippen molar-refractivity contribution in [3.05, 3.63) is 23.8 Å². The Morgan fingerprint density at radius 2 is 1.88 bits per heavy atom. The van der Waals surface area contributed by atoms with Crippen LogP contribution in [0.25, 0.3) is 0 Å². The van der Waals surface area contributed by atoms with Crippen LogP contribution in [0.1, 0.15) is 50.9 Å². The van der Waals surface area contributed by atoms with Crippen molar-refractivity contribution in [2.45, 2.75) is 46.6 Å². The van der Waals surface area contributed by atoms with Gasteiger partial charge in [0.15, 0.2) is 18.1 Å². The zero-order valence-corrected chi connectivity index (χ0v) is 15.8. The third-order valence-electron chi connectivity index (χ3n) is 3.88. The van der Waals surface area contributed by atoms with E-state index in [1.54, 1.807) is 18.2 Å². The highest BCUT2D eigenvalue weighted by Crippen LogP contribution is 2.28. The van der Waals surface area contributed by atoms with Crippen LogP contribution in [0, 0.1) is 5.92 Å². The van der Waals surface area contributed by atoms with E-state index in [-0.39, 0.29) is 18.6 Å². The number of methoxy groups -OCH3 is 1. The van der Waals surface area contributed by atoms with E-state index in [1.165, 1.54) is 7.11 Å². The first-order valence-electron chi connectivity index (χ1n) is 8.66. The zero-order valence-electron chi connectivity index (χ0n) is 15.8. The van der Waals surface area contributed by atoms with Crippen molar-refractivity contribution in [1.82, 2.24) is 5.32 Å². The number of ether oxygens (including phenoxy) is 3. The maximum atomic E-state index is 12.1. The highest BCUT2D eigenvalue weighted by Gasteiger charge is 2.15. The smallest absolute Gasteiger partial charge is 0.338 e. The Labute approximate surface area is 149 Å². The fraction of sp³-hybridized carbons (Fsp3) is 0.579. The van der Waals surface area contributed by atoms with Crippen LogP contribution in [0.5, 0.6) is 11.5 Å². The fourth-order valence-corrected chi connectivity index (χ4v) is 1.92. The summed E-state index contributed by atoms with van der Waals surface area (Å²) in [5, 5.41) is 2.79. The van der Waals surface area contributed by atoms with Gasteiger partial charge in [-0.25, -0.2) is 4.79 Å². The molecule has 1 unspecified atom stereocenters. The second kappa shape index (κ2) is 10.6. The molecule has 0 aliphatic carbocycles. The lowest BCUT2D eigenvalue weighted by Gasteiger charge is -2.17. The Hall–Kier alpha value is -2.24. The summed E-state index contributed by atoms with van der Waals surface area (Å²) in [6.07, 6.45) is 1.97. The van der Waals surface area contributed by atoms with Crippen molar-refractivity contribution >= 4 is 11.9 Å². The highest BCUT2D eigenvalue weighted by atomic mass is 16.5. The molecule has 6 nitrogen and oxygen atoms in total. The molecule has 0 aliphatic heterocycles. The minimum atomic E-state index is -0.578. The lowest BCUT2D eigenvalue weighted by Crippen LogP contribution is -2.38. The first-order chi connectivity index (χ1) is 11.9. The van der Waals surface area contributed by atoms with E-state index in [0.29, 0.717) is 29.6 Å². The van der Waals surface area contributed by atoms with Crippen molar-refractivity contribution in [3.8, 4) is 11.5 Å². The molecule has 1 aromatic carbocycles. The van der Waals surface area contributed by atoms with Crippen molar-refractivity contribution in [2.24, 2.45) is 5.92 Å². The summed E-state index contributed by atoms with van der Waals surface area (Å²) in [6.45, 7) is 8.28. The van der Waals surface area contributed by atoms with Crippen LogP contribution in [0.3, 0.4) is 0 Å². The monoisotopic (exact) mass is 351 g/mol. The number of nitrogens with one attached hydrogen (secondary N) is 1. The van der Waals surface area contributed by atoms with Gasteiger partial charge in [0, 0.05) is 6.04 Å². The van der Waals surface area contributed by atoms with Gasteiger partial charge in [-0.3, -0.25) is 4.79 Å². The molecule has 0 spiro atoms. The van der Waals surface area contributed by atoms with Crippen LogP contribution in [-0.4, -0.2) is 38.2 Å². The predicted molar refractivity (Wildman–Crippen MR) is 96.1 cm³/mol. The van der Waals surface area contributed by atoms with E-state index < -0.39 is 5.97 Å². The number of rotatable bonds is 10. The SMILES string of the molecule is CCCCOc1ccc(C(=O)OCC(=O)NC(C)C(C)C)cc1OC. The summed E-state index contributed by atoms with van der Waals surface area (Å²) >= 11 is 0. The molecule has 0 bridgehead atoms. The molecular weight excluding hydrogens is 322 g/mol. The molecule has 1 rings (SSSR count). The zero-order chi connectivity index (χ0) is 18.8. The van der Waals surface area contributed by atoms with Crippen LogP contribution in [-0.2, 0) is 9.53 Å². The second-order valence-corrected chi connectivity index (χ2v) is 6.24. The topological polar surface area (TPSA) is 73.9 Å². The first-order valence-corrected chi connectivity index (χ1v) is 8.66. The molecule has 0 saturated heterocycles. The van der Waals surface area contributed by atoms with Gasteiger partial charge in [0.05, 0.1) is 19.3 Å². The third kappa shape index (κ3) is 7.03. The lowest BCUT2D eigenvalue weighted by molar-refractivity contribution is -0.125. The van der Waals surface area contributed by atoms with Gasteiger partial charge in [0.25, 0.3) is 5.91 Å². The van der Waals surface area contributed by atoms with Gasteiger partial charge < -0.3 is 19.5 Å². The first kappa shape index (κ1) is 20.8. The van der Waals surface area contributed by atoms with Gasteiger partial charge >= 0.3 is 5.97 Å². The number of carbonyl (C=O) groups excluding carboxylic acids is 2. The summed E-state index contributed by atoms with van der Waals surface area (Å²) in [7, 11) is 1.51. The Balaban J connectivity index is 2.61. The van der Waals surface area contributed by atoms with Crippen molar-refractivity contribution in [3.63, 3.8) is 0 Å². The average Bonchev–Trinajstić information content (AvgIpc) is 2.59. The van der Waals surface area contributed by atoms with Gasteiger partial charge in [0.1, 0.15) is 0 Å². The summed E-state index contributed by atoms with van der Waals surface area (Å²) in [4.78, 5) is 23.9. The molecule has 1 atom stereocenters. The summed E-state index contributed by atoms with van der Waals surface area (Å²) in [5.41, 5.74) is 0.310. The van der Waals surface area contributed by atoms with Crippen LogP contribution in [0.2, 0.25) is 0 Å². The van der Waals surface area contributed by atoms with E-state index in [9.17, 15) is 9.59 Å². The molecular formula is C19H29NO5. The number of unbranched alkanes of at least 4 members (excludes halogenated alkanes) is 1. The molecule has 6 heteroatoms. The molecule has 0 heterocycles. The second-order valence-electron chi connectivity index (χ2n) is 6.24. The number of esters is 1. The third-order valence-corrected chi connectivity index (χ3v) is 3.88. The van der Waals surface area contributed by atoms with Gasteiger partial charge in [-0.2, -0.15) is 0 Å². The highest BCUT2D eigenvalue weighted by molar-refractivity contribution is 5.92. The predicted octanol–water partition coefficient (Wildman–Crippen LogP) is 3.19. The van der Waals surface area contributed by atoms with E-state index in [2.05, 4.69) is 12.2 Å². The maximum absolute atomic E-state index is 12.1. The maximum Gasteiger partial charge on any atom is 0.338 e. The van der Waals surface area contributed by atoms with Gasteiger partial charge in [-0.05, 0) is 37.5 Å². The number of hydrogen-bond acceptors (Lipinski definition) is 5. The van der Waals surface area contributed by atoms with Crippen LogP contribution in [0.15, 0.2) is 18.2 Å². The quantitative estimate of drug-likeness (QED) is 0.518. The minimum Gasteiger partial charge on any atom is -0.493 e. The molecule has 25 heavy (non-hydrogen) atoms. The van der Waals surface area contributed by atoms with Crippen LogP contribution in [0.4, 0.5) is 0 Å². The normalized spacial score (nSPS) is 11.8. The van der Waals surface area contributed by atoms with E-state index >= 15 is 0 Å². The van der Waals surface area contributed by atoms with Crippen molar-refractivity contribution in [2.75, 3.05) is 20.3 Å². The number of hydrogen-bond donors (Lipinski definition) is 1. The van der Waals surface area contributed by atoms with E-state index in [4.69, 9.17) is 14.2 Å². The molecule has 0 aliphatic rings. The molecule has 0 radical (unpaired) electrons. The van der Waals surface area contributed by atoms with Gasteiger partial charge in [-0.15, -0.1) is 0 Å². The lowest BCUT2D eigenvalue weighted by atomic mass is 10.1. The number of carbonyl (C=O) groups is 2. The molecule has 1 amide bonds. The molecule has 1 aromatic rings. The van der Waals surface area contributed by atoms with Crippen molar-refractivity contribution < 1.29 is 23.8 Å². The molecule has 0 fully saturated rings. The Kier molecular flexibility index (Phi) is 8.81. The average molecular weight is 351 g/mol. The Morgan fingerprint density at radius 1 is 1.16 bits per heavy atom. The number of amides is 1. The fourth-order valence-electron chi connectivity index (χ4n) is 1.92. The molecule has 140 valence electrons. The van der Waals surface area contributed by atoms with Crippen LogP contribution >= 0.6 is 0 Å². The largest absolute Gasteiger partial charge is 0.493 e. The Morgan fingerprint density at radius 3 is 2.48 bits per heavy atom. The molecule has 0 saturated carbocycles. The minimum absolute atomic E-state index is 0.0193.